The van der Waals surface area contributed by atoms with E-state index >= 15 is 8.78 Å². The lowest BCUT2D eigenvalue weighted by Gasteiger charge is -2.24. The molecular weight excluding hydrogens is 610 g/mol. The van der Waals surface area contributed by atoms with Gasteiger partial charge in [-0.15, -0.1) is 11.3 Å². The van der Waals surface area contributed by atoms with Crippen LogP contribution >= 0.6 is 18.9 Å². The first-order valence-electron chi connectivity index (χ1n) is 11.0. The summed E-state index contributed by atoms with van der Waals surface area (Å²) < 4.78 is 123. The lowest BCUT2D eigenvalue weighted by atomic mass is 10.1. The molecule has 0 radical (unpaired) electrons. The van der Waals surface area contributed by atoms with Gasteiger partial charge in [0.25, 0.3) is 10.0 Å². The van der Waals surface area contributed by atoms with Crippen LogP contribution in [0.4, 0.5) is 22.0 Å². The van der Waals surface area contributed by atoms with Crippen LogP contribution in [-0.2, 0) is 20.8 Å². The van der Waals surface area contributed by atoms with Crippen molar-refractivity contribution in [3.8, 4) is 23.3 Å². The fourth-order valence-corrected chi connectivity index (χ4v) is 7.11. The summed E-state index contributed by atoms with van der Waals surface area (Å²) in [4.78, 5) is 12.3. The van der Waals surface area contributed by atoms with E-state index in [1.165, 1.54) is 6.07 Å². The van der Waals surface area contributed by atoms with Gasteiger partial charge in [-0.1, -0.05) is 0 Å². The van der Waals surface area contributed by atoms with E-state index in [9.17, 15) is 31.0 Å². The standard InChI is InChI=1S/C21H20F5N4O7PS2/c22-16-13-8-15(39-20(13)17(23)19(36-6-4-28)18(16)35-5-3-27)40(33,34)30-10-38(31,32)37-12-2-1-11(9-29)14(7-12)21(24,25)26/h1-2,7-8,30H,3-6,10,27-28H2,(H,31,32)/p+1. The molecule has 0 spiro atoms. The van der Waals surface area contributed by atoms with Crippen LogP contribution in [0.2, 0.25) is 0 Å². The minimum absolute atomic E-state index is 0.108. The molecule has 1 atom stereocenters. The second-order valence-electron chi connectivity index (χ2n) is 7.82. The van der Waals surface area contributed by atoms with E-state index < -0.39 is 84.4 Å². The Morgan fingerprint density at radius 1 is 1.07 bits per heavy atom. The summed E-state index contributed by atoms with van der Waals surface area (Å²) in [5, 5.41) is 8.35. The number of sulfonamides is 1. The van der Waals surface area contributed by atoms with Gasteiger partial charge in [0.1, 0.15) is 36.3 Å². The molecule has 3 aromatic rings. The third-order valence-electron chi connectivity index (χ3n) is 4.91. The zero-order valence-corrected chi connectivity index (χ0v) is 22.7. The zero-order valence-electron chi connectivity index (χ0n) is 20.2. The van der Waals surface area contributed by atoms with Gasteiger partial charge in [-0.2, -0.15) is 18.4 Å². The highest BCUT2D eigenvalue weighted by molar-refractivity contribution is 7.92. The number of hydrogen-bond acceptors (Lipinski definition) is 9. The molecule has 218 valence electrons. The Morgan fingerprint density at radius 3 is 2.23 bits per heavy atom. The van der Waals surface area contributed by atoms with E-state index in [4.69, 9.17) is 14.7 Å². The Hall–Kier alpha value is -3.04. The number of benzene rings is 2. The largest absolute Gasteiger partial charge is 0.768 e. The summed E-state index contributed by atoms with van der Waals surface area (Å²) in [5.74, 6) is -4.26. The van der Waals surface area contributed by atoms with Crippen LogP contribution < -0.4 is 35.1 Å². The van der Waals surface area contributed by atoms with Crippen molar-refractivity contribution >= 4 is 39.0 Å². The molecule has 1 heterocycles. The monoisotopic (exact) mass is 631 g/mol. The first-order chi connectivity index (χ1) is 18.6. The first kappa shape index (κ1) is 31.5. The third-order valence-corrected chi connectivity index (χ3v) is 9.16. The van der Waals surface area contributed by atoms with Gasteiger partial charge >= 0.3 is 6.18 Å². The quantitative estimate of drug-likeness (QED) is 0.196. The van der Waals surface area contributed by atoms with Gasteiger partial charge in [-0.05, 0) is 24.3 Å². The summed E-state index contributed by atoms with van der Waals surface area (Å²) in [6.07, 6.45) is -6.42. The molecule has 1 unspecified atom stereocenters. The van der Waals surface area contributed by atoms with Crippen molar-refractivity contribution in [3.05, 3.63) is 47.0 Å². The van der Waals surface area contributed by atoms with Crippen LogP contribution in [-0.4, -0.2) is 41.0 Å². The molecule has 0 aliphatic carbocycles. The molecule has 11 nitrogen and oxygen atoms in total. The number of quaternary nitrogens is 2. The van der Waals surface area contributed by atoms with Gasteiger partial charge in [-0.3, -0.25) is 4.57 Å². The number of nitrogens with zero attached hydrogens (tertiary/aromatic N) is 1. The van der Waals surface area contributed by atoms with E-state index in [1.54, 1.807) is 4.72 Å². The predicted molar refractivity (Wildman–Crippen MR) is 128 cm³/mol. The number of nitriles is 1. The molecule has 19 heteroatoms. The van der Waals surface area contributed by atoms with Crippen LogP contribution in [0.3, 0.4) is 0 Å². The molecule has 7 N–H and O–H groups in total. The summed E-state index contributed by atoms with van der Waals surface area (Å²) in [7, 11) is -9.93. The van der Waals surface area contributed by atoms with Crippen LogP contribution in [0, 0.1) is 23.0 Å². The SMILES string of the molecule is N#Cc1ccc(OP(=O)([O-])CNS(=O)(=O)c2cc3c(F)c(OCC[NH3+])c(OCC[NH3+])c(F)c3s2)cc1C(F)(F)F. The summed E-state index contributed by atoms with van der Waals surface area (Å²) in [5.41, 5.74) is 4.82. The number of hydrogen-bond donors (Lipinski definition) is 3. The lowest BCUT2D eigenvalue weighted by molar-refractivity contribution is -0.372. The number of ether oxygens (including phenoxy) is 2. The Bertz CT molecular complexity index is 1560. The fraction of sp³-hybridized carbons (Fsp3) is 0.286. The topological polar surface area (TPSA) is 193 Å². The highest BCUT2D eigenvalue weighted by Crippen LogP contribution is 2.45. The van der Waals surface area contributed by atoms with Crippen LogP contribution in [0.25, 0.3) is 10.1 Å². The summed E-state index contributed by atoms with van der Waals surface area (Å²) in [6.45, 7) is 0.169. The predicted octanol–water partition coefficient (Wildman–Crippen LogP) is 1.18. The maximum absolute atomic E-state index is 15.2. The fourth-order valence-electron chi connectivity index (χ4n) is 3.20. The molecule has 0 amide bonds. The highest BCUT2D eigenvalue weighted by Gasteiger charge is 2.34. The number of nitrogens with one attached hydrogen (secondary N) is 1. The van der Waals surface area contributed by atoms with Gasteiger partial charge in [0, 0.05) is 5.39 Å². The average Bonchev–Trinajstić information content (AvgIpc) is 3.35. The van der Waals surface area contributed by atoms with Gasteiger partial charge < -0.3 is 30.4 Å². The highest BCUT2D eigenvalue weighted by atomic mass is 32.2. The van der Waals surface area contributed by atoms with Crippen molar-refractivity contribution < 1.29 is 65.3 Å². The molecule has 3 rings (SSSR count). The normalized spacial score (nSPS) is 13.6. The Labute approximate surface area is 227 Å². The summed E-state index contributed by atoms with van der Waals surface area (Å²) >= 11 is 0.271. The van der Waals surface area contributed by atoms with Crippen molar-refractivity contribution in [3.63, 3.8) is 0 Å². The molecule has 0 fully saturated rings. The Balaban J connectivity index is 1.89. The van der Waals surface area contributed by atoms with Gasteiger partial charge in [0.05, 0.1) is 28.2 Å². The third kappa shape index (κ3) is 6.99. The number of alkyl halides is 3. The second kappa shape index (κ2) is 12.2. The van der Waals surface area contributed by atoms with Crippen molar-refractivity contribution in [2.45, 2.75) is 10.4 Å². The smallest absolute Gasteiger partial charge is 0.417 e. The summed E-state index contributed by atoms with van der Waals surface area (Å²) in [6, 6.07) is 3.82. The molecular formula is C21H21F5N4O7PS2+. The minimum atomic E-state index is -5.21. The van der Waals surface area contributed by atoms with Gasteiger partial charge in [0.2, 0.25) is 11.5 Å². The Morgan fingerprint density at radius 2 is 1.68 bits per heavy atom. The maximum Gasteiger partial charge on any atom is 0.417 e. The van der Waals surface area contributed by atoms with Crippen LogP contribution in [0.15, 0.2) is 28.5 Å². The number of rotatable bonds is 12. The molecule has 40 heavy (non-hydrogen) atoms. The molecule has 0 aliphatic heterocycles. The molecule has 0 saturated heterocycles. The average molecular weight is 632 g/mol. The van der Waals surface area contributed by atoms with E-state index in [2.05, 4.69) is 16.0 Å². The van der Waals surface area contributed by atoms with Gasteiger partial charge in [-0.25, -0.2) is 21.9 Å². The number of halogens is 5. The minimum Gasteiger partial charge on any atom is -0.768 e. The van der Waals surface area contributed by atoms with E-state index in [0.29, 0.717) is 6.07 Å². The number of thiophene rings is 1. The Kier molecular flexibility index (Phi) is 9.62. The molecule has 0 bridgehead atoms. The van der Waals surface area contributed by atoms with E-state index in [0.717, 1.165) is 12.1 Å². The van der Waals surface area contributed by atoms with E-state index in [1.807, 2.05) is 0 Å². The van der Waals surface area contributed by atoms with Crippen molar-refractivity contribution in [1.82, 2.24) is 4.72 Å². The molecule has 0 aliphatic rings. The molecule has 2 aromatic carbocycles. The van der Waals surface area contributed by atoms with Gasteiger partial charge in [0.15, 0.2) is 19.2 Å². The maximum atomic E-state index is 15.2. The second-order valence-corrected chi connectivity index (χ2v) is 12.6. The lowest BCUT2D eigenvalue weighted by Crippen LogP contribution is -2.53. The van der Waals surface area contributed by atoms with Crippen LogP contribution in [0.5, 0.6) is 17.2 Å². The van der Waals surface area contributed by atoms with Crippen molar-refractivity contribution in [2.75, 3.05) is 32.6 Å². The molecule has 1 aromatic heterocycles. The van der Waals surface area contributed by atoms with Crippen molar-refractivity contribution in [2.24, 2.45) is 0 Å². The first-order valence-corrected chi connectivity index (χ1v) is 15.1. The zero-order chi connectivity index (χ0) is 29.9. The molecule has 0 saturated carbocycles. The van der Waals surface area contributed by atoms with Crippen LogP contribution in [0.1, 0.15) is 11.1 Å². The number of fused-ring (bicyclic) bond motifs is 1. The van der Waals surface area contributed by atoms with E-state index in [-0.39, 0.29) is 43.7 Å². The van der Waals surface area contributed by atoms with Crippen molar-refractivity contribution in [1.29, 1.82) is 5.26 Å².